The van der Waals surface area contributed by atoms with Gasteiger partial charge in [-0.05, 0) is 26.0 Å². The first-order chi connectivity index (χ1) is 9.86. The molecule has 0 fully saturated rings. The molecule has 0 radical (unpaired) electrons. The van der Waals surface area contributed by atoms with Crippen LogP contribution in [0.5, 0.6) is 5.75 Å². The van der Waals surface area contributed by atoms with E-state index in [4.69, 9.17) is 10.00 Å². The molecule has 0 aromatic heterocycles. The largest absolute Gasteiger partial charge is 0.481 e. The lowest BCUT2D eigenvalue weighted by Gasteiger charge is -2.21. The molecule has 1 atom stereocenters. The fourth-order valence-electron chi connectivity index (χ4n) is 1.80. The molecule has 0 spiro atoms. The van der Waals surface area contributed by atoms with Gasteiger partial charge in [-0.15, -0.1) is 0 Å². The van der Waals surface area contributed by atoms with E-state index in [0.717, 1.165) is 0 Å². The van der Waals surface area contributed by atoms with Crippen molar-refractivity contribution in [1.29, 1.82) is 5.26 Å². The van der Waals surface area contributed by atoms with Crippen molar-refractivity contribution in [2.45, 2.75) is 26.4 Å². The molecule has 0 aliphatic heterocycles. The quantitative estimate of drug-likeness (QED) is 0.590. The monoisotopic (exact) mass is 291 g/mol. The van der Waals surface area contributed by atoms with Gasteiger partial charge in [-0.1, -0.05) is 0 Å². The summed E-state index contributed by atoms with van der Waals surface area (Å²) in [5.74, 6) is 0.147. The molecular formula is C14H17N3O4. The minimum Gasteiger partial charge on any atom is -0.481 e. The molecule has 0 heterocycles. The SMILES string of the molecule is Cc1cc(O[C@@H](C)C(=O)N(C)CCC#N)ccc1[N+](=O)[O-]. The van der Waals surface area contributed by atoms with Gasteiger partial charge < -0.3 is 9.64 Å². The standard InChI is InChI=1S/C14H17N3O4/c1-10-9-12(5-6-13(10)17(19)20)21-11(2)14(18)16(3)8-4-7-15/h5-6,9,11H,4,8H2,1-3H3/t11-/m0/s1. The van der Waals surface area contributed by atoms with Crippen LogP contribution >= 0.6 is 0 Å². The van der Waals surface area contributed by atoms with Gasteiger partial charge in [0.25, 0.3) is 11.6 Å². The van der Waals surface area contributed by atoms with Gasteiger partial charge in [0, 0.05) is 25.2 Å². The van der Waals surface area contributed by atoms with Crippen molar-refractivity contribution < 1.29 is 14.5 Å². The number of ether oxygens (including phenoxy) is 1. The predicted octanol–water partition coefficient (Wildman–Crippen LogP) is 2.04. The Morgan fingerprint density at radius 2 is 2.24 bits per heavy atom. The van der Waals surface area contributed by atoms with Crippen LogP contribution in [0.1, 0.15) is 18.9 Å². The Kier molecular flexibility index (Phi) is 5.67. The number of hydrogen-bond acceptors (Lipinski definition) is 5. The maximum atomic E-state index is 12.0. The predicted molar refractivity (Wildman–Crippen MR) is 75.8 cm³/mol. The van der Waals surface area contributed by atoms with Crippen LogP contribution in [0.3, 0.4) is 0 Å². The zero-order valence-corrected chi connectivity index (χ0v) is 12.2. The third-order valence-electron chi connectivity index (χ3n) is 2.96. The molecule has 0 bridgehead atoms. The van der Waals surface area contributed by atoms with E-state index in [1.165, 1.54) is 23.1 Å². The highest BCUT2D eigenvalue weighted by atomic mass is 16.6. The molecule has 0 saturated carbocycles. The number of nitro benzene ring substituents is 1. The lowest BCUT2D eigenvalue weighted by molar-refractivity contribution is -0.385. The molecule has 7 heteroatoms. The van der Waals surface area contributed by atoms with E-state index in [0.29, 0.717) is 17.9 Å². The zero-order valence-electron chi connectivity index (χ0n) is 12.2. The second kappa shape index (κ2) is 7.24. The summed E-state index contributed by atoms with van der Waals surface area (Å²) in [6.07, 6.45) is -0.472. The second-order valence-electron chi connectivity index (χ2n) is 4.63. The summed E-state index contributed by atoms with van der Waals surface area (Å²) in [4.78, 5) is 23.7. The van der Waals surface area contributed by atoms with E-state index < -0.39 is 11.0 Å². The maximum absolute atomic E-state index is 12.0. The Hall–Kier alpha value is -2.62. The fourth-order valence-corrected chi connectivity index (χ4v) is 1.80. The number of nitriles is 1. The van der Waals surface area contributed by atoms with Gasteiger partial charge in [0.15, 0.2) is 6.10 Å². The third kappa shape index (κ3) is 4.45. The third-order valence-corrected chi connectivity index (χ3v) is 2.96. The number of nitrogens with zero attached hydrogens (tertiary/aromatic N) is 3. The fraction of sp³-hybridized carbons (Fsp3) is 0.429. The average Bonchev–Trinajstić information content (AvgIpc) is 2.43. The van der Waals surface area contributed by atoms with E-state index in [9.17, 15) is 14.9 Å². The lowest BCUT2D eigenvalue weighted by Crippen LogP contribution is -2.38. The molecule has 0 aliphatic rings. The van der Waals surface area contributed by atoms with Crippen LogP contribution in [0.25, 0.3) is 0 Å². The van der Waals surface area contributed by atoms with Crippen molar-refractivity contribution in [2.75, 3.05) is 13.6 Å². The molecule has 1 rings (SSSR count). The summed E-state index contributed by atoms with van der Waals surface area (Å²) < 4.78 is 5.50. The van der Waals surface area contributed by atoms with Gasteiger partial charge in [0.05, 0.1) is 17.4 Å². The van der Waals surface area contributed by atoms with Crippen molar-refractivity contribution >= 4 is 11.6 Å². The van der Waals surface area contributed by atoms with Crippen molar-refractivity contribution in [2.24, 2.45) is 0 Å². The number of benzene rings is 1. The second-order valence-corrected chi connectivity index (χ2v) is 4.63. The van der Waals surface area contributed by atoms with Crippen molar-refractivity contribution in [3.63, 3.8) is 0 Å². The minimum atomic E-state index is -0.727. The Labute approximate surface area is 122 Å². The molecule has 1 amide bonds. The molecule has 0 unspecified atom stereocenters. The van der Waals surface area contributed by atoms with Gasteiger partial charge in [-0.3, -0.25) is 14.9 Å². The van der Waals surface area contributed by atoms with Crippen molar-refractivity contribution in [3.8, 4) is 11.8 Å². The van der Waals surface area contributed by atoms with Crippen molar-refractivity contribution in [3.05, 3.63) is 33.9 Å². The molecular weight excluding hydrogens is 274 g/mol. The van der Waals surface area contributed by atoms with E-state index in [1.54, 1.807) is 20.9 Å². The van der Waals surface area contributed by atoms with Gasteiger partial charge >= 0.3 is 0 Å². The number of carbonyl (C=O) groups is 1. The van der Waals surface area contributed by atoms with E-state index >= 15 is 0 Å². The number of hydrogen-bond donors (Lipinski definition) is 0. The van der Waals surface area contributed by atoms with Gasteiger partial charge in [0.2, 0.25) is 0 Å². The number of carbonyl (C=O) groups excluding carboxylic acids is 1. The average molecular weight is 291 g/mol. The van der Waals surface area contributed by atoms with Crippen LogP contribution < -0.4 is 4.74 Å². The summed E-state index contributed by atoms with van der Waals surface area (Å²) in [6, 6.07) is 6.30. The Balaban J connectivity index is 2.73. The number of nitro groups is 1. The van der Waals surface area contributed by atoms with Gasteiger partial charge in [-0.25, -0.2) is 0 Å². The van der Waals surface area contributed by atoms with Crippen LogP contribution in [-0.4, -0.2) is 35.4 Å². The van der Waals surface area contributed by atoms with Crippen LogP contribution in [-0.2, 0) is 4.79 Å². The molecule has 0 saturated heterocycles. The highest BCUT2D eigenvalue weighted by Gasteiger charge is 2.20. The highest BCUT2D eigenvalue weighted by Crippen LogP contribution is 2.23. The minimum absolute atomic E-state index is 0.00691. The smallest absolute Gasteiger partial charge is 0.272 e. The molecule has 112 valence electrons. The summed E-state index contributed by atoms with van der Waals surface area (Å²) in [5, 5.41) is 19.2. The molecule has 7 nitrogen and oxygen atoms in total. The van der Waals surface area contributed by atoms with Crippen LogP contribution in [0.15, 0.2) is 18.2 Å². The van der Waals surface area contributed by atoms with Crippen LogP contribution in [0.2, 0.25) is 0 Å². The van der Waals surface area contributed by atoms with E-state index in [2.05, 4.69) is 0 Å². The molecule has 1 aromatic rings. The Bertz CT molecular complexity index is 580. The van der Waals surface area contributed by atoms with Crippen LogP contribution in [0.4, 0.5) is 5.69 Å². The lowest BCUT2D eigenvalue weighted by atomic mass is 10.2. The maximum Gasteiger partial charge on any atom is 0.272 e. The first kappa shape index (κ1) is 16.4. The van der Waals surface area contributed by atoms with Crippen LogP contribution in [0, 0.1) is 28.4 Å². The van der Waals surface area contributed by atoms with Crippen molar-refractivity contribution in [1.82, 2.24) is 4.90 Å². The Morgan fingerprint density at radius 3 is 2.76 bits per heavy atom. The first-order valence-corrected chi connectivity index (χ1v) is 6.40. The highest BCUT2D eigenvalue weighted by molar-refractivity contribution is 5.80. The number of likely N-dealkylation sites (N-methyl/N-ethyl adjacent to an activating group) is 1. The number of aryl methyl sites for hydroxylation is 1. The number of amides is 1. The van der Waals surface area contributed by atoms with Gasteiger partial charge in [0.1, 0.15) is 5.75 Å². The zero-order chi connectivity index (χ0) is 16.0. The summed E-state index contributed by atoms with van der Waals surface area (Å²) in [7, 11) is 1.60. The normalized spacial score (nSPS) is 11.3. The Morgan fingerprint density at radius 1 is 1.57 bits per heavy atom. The topological polar surface area (TPSA) is 96.5 Å². The van der Waals surface area contributed by atoms with E-state index in [1.807, 2.05) is 6.07 Å². The number of rotatable bonds is 6. The molecule has 21 heavy (non-hydrogen) atoms. The molecule has 0 aliphatic carbocycles. The first-order valence-electron chi connectivity index (χ1n) is 6.40. The van der Waals surface area contributed by atoms with E-state index in [-0.39, 0.29) is 18.0 Å². The van der Waals surface area contributed by atoms with Gasteiger partial charge in [-0.2, -0.15) is 5.26 Å². The molecule has 1 aromatic carbocycles. The molecule has 0 N–H and O–H groups in total. The summed E-state index contributed by atoms with van der Waals surface area (Å²) >= 11 is 0. The summed E-state index contributed by atoms with van der Waals surface area (Å²) in [5.41, 5.74) is 0.474. The summed E-state index contributed by atoms with van der Waals surface area (Å²) in [6.45, 7) is 3.54.